The van der Waals surface area contributed by atoms with Gasteiger partial charge < -0.3 is 15.1 Å². The van der Waals surface area contributed by atoms with E-state index in [0.717, 1.165) is 16.6 Å². The smallest absolute Gasteiger partial charge is 0.323 e. The molecule has 1 unspecified atom stereocenters. The summed E-state index contributed by atoms with van der Waals surface area (Å²) in [5.74, 6) is 0. The van der Waals surface area contributed by atoms with Gasteiger partial charge in [-0.25, -0.2) is 4.79 Å². The second kappa shape index (κ2) is 3.49. The Morgan fingerprint density at radius 1 is 1.19 bits per heavy atom. The van der Waals surface area contributed by atoms with Gasteiger partial charge in [0.1, 0.15) is 0 Å². The molecule has 2 aromatic rings. The number of aliphatic hydroxyl groups excluding tert-OH is 1. The summed E-state index contributed by atoms with van der Waals surface area (Å²) in [6, 6.07) is 5.45. The molecule has 0 spiro atoms. The molecule has 0 aliphatic carbocycles. The van der Waals surface area contributed by atoms with Gasteiger partial charge in [-0.3, -0.25) is 0 Å². The van der Waals surface area contributed by atoms with Gasteiger partial charge in [0.15, 0.2) is 0 Å². The molecule has 0 radical (unpaired) electrons. The molecule has 1 aromatic heterocycles. The molecule has 0 aliphatic rings. The van der Waals surface area contributed by atoms with Crippen LogP contribution in [0.25, 0.3) is 11.0 Å². The zero-order valence-electron chi connectivity index (χ0n) is 9.66. The van der Waals surface area contributed by atoms with Crippen LogP contribution in [0.2, 0.25) is 0 Å². The van der Waals surface area contributed by atoms with Gasteiger partial charge in [0, 0.05) is 0 Å². The lowest BCUT2D eigenvalue weighted by molar-refractivity contribution is 0.0628. The molecule has 0 saturated carbocycles. The first-order valence-electron chi connectivity index (χ1n) is 5.28. The van der Waals surface area contributed by atoms with Gasteiger partial charge >= 0.3 is 5.69 Å². The molecular weight excluding hydrogens is 204 g/mol. The Morgan fingerprint density at radius 2 is 1.81 bits per heavy atom. The summed E-state index contributed by atoms with van der Waals surface area (Å²) in [5.41, 5.74) is 1.86. The predicted molar refractivity (Wildman–Crippen MR) is 63.3 cm³/mol. The van der Waals surface area contributed by atoms with Crippen LogP contribution in [0.4, 0.5) is 0 Å². The maximum Gasteiger partial charge on any atom is 0.323 e. The molecular formula is C12H16N2O2. The van der Waals surface area contributed by atoms with Crippen molar-refractivity contribution in [2.75, 3.05) is 0 Å². The quantitative estimate of drug-likeness (QED) is 0.687. The van der Waals surface area contributed by atoms with E-state index >= 15 is 0 Å². The Bertz CT molecular complexity index is 560. The number of rotatable bonds is 1. The third-order valence-corrected chi connectivity index (χ3v) is 2.68. The number of H-pyrrole nitrogens is 2. The minimum absolute atomic E-state index is 0.218. The van der Waals surface area contributed by atoms with E-state index in [1.54, 1.807) is 6.07 Å². The van der Waals surface area contributed by atoms with Crippen molar-refractivity contribution in [2.24, 2.45) is 5.41 Å². The zero-order valence-corrected chi connectivity index (χ0v) is 9.66. The summed E-state index contributed by atoms with van der Waals surface area (Å²) in [4.78, 5) is 16.4. The van der Waals surface area contributed by atoms with Gasteiger partial charge in [-0.2, -0.15) is 0 Å². The molecule has 2 rings (SSSR count). The number of aromatic amines is 2. The van der Waals surface area contributed by atoms with Crippen LogP contribution in [0.3, 0.4) is 0 Å². The Hall–Kier alpha value is -1.55. The van der Waals surface area contributed by atoms with Gasteiger partial charge in [-0.1, -0.05) is 26.8 Å². The first kappa shape index (κ1) is 11.0. The normalized spacial score (nSPS) is 14.2. The van der Waals surface area contributed by atoms with Gasteiger partial charge in [0.25, 0.3) is 0 Å². The first-order chi connectivity index (χ1) is 7.38. The van der Waals surface area contributed by atoms with Crippen molar-refractivity contribution >= 4 is 11.0 Å². The van der Waals surface area contributed by atoms with Crippen LogP contribution in [0, 0.1) is 5.41 Å². The Kier molecular flexibility index (Phi) is 2.39. The van der Waals surface area contributed by atoms with Crippen LogP contribution >= 0.6 is 0 Å². The molecule has 0 bridgehead atoms. The number of hydrogen-bond acceptors (Lipinski definition) is 2. The van der Waals surface area contributed by atoms with E-state index in [-0.39, 0.29) is 11.1 Å². The maximum atomic E-state index is 11.1. The molecule has 1 atom stereocenters. The number of aromatic nitrogens is 2. The summed E-state index contributed by atoms with van der Waals surface area (Å²) in [6.45, 7) is 5.92. The summed E-state index contributed by atoms with van der Waals surface area (Å²) in [5, 5.41) is 10.1. The molecule has 1 heterocycles. The van der Waals surface area contributed by atoms with E-state index in [9.17, 15) is 9.90 Å². The lowest BCUT2D eigenvalue weighted by Gasteiger charge is -2.26. The number of nitrogens with one attached hydrogen (secondary N) is 2. The van der Waals surface area contributed by atoms with Gasteiger partial charge in [0.2, 0.25) is 0 Å². The van der Waals surface area contributed by atoms with E-state index in [1.165, 1.54) is 0 Å². The molecule has 0 aliphatic heterocycles. The van der Waals surface area contributed by atoms with Crippen LogP contribution in [-0.2, 0) is 0 Å². The number of fused-ring (bicyclic) bond motifs is 1. The van der Waals surface area contributed by atoms with Crippen molar-refractivity contribution < 1.29 is 5.11 Å². The standard InChI is InChI=1S/C12H16N2O2/c1-12(2,3)10(15)7-4-5-8-9(6-7)14-11(16)13-8/h4-6,10,15H,1-3H3,(H2,13,14,16). The first-order valence-corrected chi connectivity index (χ1v) is 5.28. The topological polar surface area (TPSA) is 68.9 Å². The average molecular weight is 220 g/mol. The third-order valence-electron chi connectivity index (χ3n) is 2.68. The van der Waals surface area contributed by atoms with E-state index in [2.05, 4.69) is 9.97 Å². The summed E-state index contributed by atoms with van der Waals surface area (Å²) < 4.78 is 0. The van der Waals surface area contributed by atoms with Gasteiger partial charge in [-0.05, 0) is 23.1 Å². The SMILES string of the molecule is CC(C)(C)C(O)c1ccc2[nH]c(=O)[nH]c2c1. The highest BCUT2D eigenvalue weighted by atomic mass is 16.3. The molecule has 3 N–H and O–H groups in total. The molecule has 16 heavy (non-hydrogen) atoms. The fourth-order valence-electron chi connectivity index (χ4n) is 1.72. The van der Waals surface area contributed by atoms with E-state index in [0.29, 0.717) is 0 Å². The Morgan fingerprint density at radius 3 is 2.44 bits per heavy atom. The van der Waals surface area contributed by atoms with E-state index < -0.39 is 6.10 Å². The predicted octanol–water partition coefficient (Wildman–Crippen LogP) is 1.94. The largest absolute Gasteiger partial charge is 0.388 e. The second-order valence-corrected chi connectivity index (χ2v) is 5.15. The average Bonchev–Trinajstić information content (AvgIpc) is 2.54. The Balaban J connectivity index is 2.50. The van der Waals surface area contributed by atoms with E-state index in [4.69, 9.17) is 0 Å². The summed E-state index contributed by atoms with van der Waals surface area (Å²) in [6.07, 6.45) is -0.546. The summed E-state index contributed by atoms with van der Waals surface area (Å²) >= 11 is 0. The molecule has 0 amide bonds. The highest BCUT2D eigenvalue weighted by molar-refractivity contribution is 5.75. The van der Waals surface area contributed by atoms with Crippen LogP contribution in [0.1, 0.15) is 32.4 Å². The highest BCUT2D eigenvalue weighted by Gasteiger charge is 2.23. The van der Waals surface area contributed by atoms with Crippen molar-refractivity contribution in [1.82, 2.24) is 9.97 Å². The molecule has 0 saturated heterocycles. The number of imidazole rings is 1. The monoisotopic (exact) mass is 220 g/mol. The van der Waals surface area contributed by atoms with Gasteiger partial charge in [-0.15, -0.1) is 0 Å². The van der Waals surface area contributed by atoms with Crippen LogP contribution in [0.15, 0.2) is 23.0 Å². The lowest BCUT2D eigenvalue weighted by atomic mass is 9.85. The fourth-order valence-corrected chi connectivity index (χ4v) is 1.72. The second-order valence-electron chi connectivity index (χ2n) is 5.15. The number of hydrogen-bond donors (Lipinski definition) is 3. The van der Waals surface area contributed by atoms with Crippen molar-refractivity contribution in [3.63, 3.8) is 0 Å². The zero-order chi connectivity index (χ0) is 11.9. The van der Waals surface area contributed by atoms with Crippen molar-refractivity contribution in [3.8, 4) is 0 Å². The molecule has 86 valence electrons. The molecule has 4 heteroatoms. The molecule has 4 nitrogen and oxygen atoms in total. The van der Waals surface area contributed by atoms with Crippen LogP contribution in [0.5, 0.6) is 0 Å². The van der Waals surface area contributed by atoms with Crippen molar-refractivity contribution in [3.05, 3.63) is 34.2 Å². The highest BCUT2D eigenvalue weighted by Crippen LogP contribution is 2.33. The minimum atomic E-state index is -0.546. The molecule has 1 aromatic carbocycles. The Labute approximate surface area is 93.3 Å². The third kappa shape index (κ3) is 1.88. The number of benzene rings is 1. The van der Waals surface area contributed by atoms with Crippen molar-refractivity contribution in [2.45, 2.75) is 26.9 Å². The van der Waals surface area contributed by atoms with Crippen LogP contribution in [-0.4, -0.2) is 15.1 Å². The van der Waals surface area contributed by atoms with Gasteiger partial charge in [0.05, 0.1) is 17.1 Å². The van der Waals surface area contributed by atoms with E-state index in [1.807, 2.05) is 32.9 Å². The maximum absolute atomic E-state index is 11.1. The number of aliphatic hydroxyl groups is 1. The summed E-state index contributed by atoms with van der Waals surface area (Å²) in [7, 11) is 0. The lowest BCUT2D eigenvalue weighted by Crippen LogP contribution is -2.17. The van der Waals surface area contributed by atoms with Crippen LogP contribution < -0.4 is 5.69 Å². The minimum Gasteiger partial charge on any atom is -0.388 e. The fraction of sp³-hybridized carbons (Fsp3) is 0.417. The van der Waals surface area contributed by atoms with Crippen molar-refractivity contribution in [1.29, 1.82) is 0 Å². The molecule has 0 fully saturated rings.